The predicted molar refractivity (Wildman–Crippen MR) is 124 cm³/mol. The van der Waals surface area contributed by atoms with Crippen LogP contribution in [0, 0.1) is 33.8 Å². The minimum absolute atomic E-state index is 0.0173. The van der Waals surface area contributed by atoms with Crippen molar-refractivity contribution in [2.24, 2.45) is 23.7 Å². The number of nitrogens with zero attached hydrogens (tertiary/aromatic N) is 3. The average Bonchev–Trinajstić information content (AvgIpc) is 3.51. The van der Waals surface area contributed by atoms with Crippen LogP contribution in [0.15, 0.2) is 54.6 Å². The second kappa shape index (κ2) is 8.58. The summed E-state index contributed by atoms with van der Waals surface area (Å²) in [5.74, 6) is -4.03. The Balaban J connectivity index is 1.52. The van der Waals surface area contributed by atoms with E-state index in [1.807, 2.05) is 12.2 Å². The fraction of sp³-hybridized carbons (Fsp3) is 0.250. The minimum atomic E-state index is -0.840. The molecule has 1 saturated heterocycles. The summed E-state index contributed by atoms with van der Waals surface area (Å²) in [6.07, 6.45) is 4.53. The zero-order valence-corrected chi connectivity index (χ0v) is 19.5. The summed E-state index contributed by atoms with van der Waals surface area (Å²) in [7, 11) is 0. The third-order valence-corrected chi connectivity index (χ3v) is 7.30. The first kappa shape index (κ1) is 23.2. The monoisotopic (exact) mass is 513 g/mol. The van der Waals surface area contributed by atoms with Crippen LogP contribution >= 0.6 is 23.2 Å². The van der Waals surface area contributed by atoms with Gasteiger partial charge in [0.25, 0.3) is 23.4 Å². The fourth-order valence-corrected chi connectivity index (χ4v) is 5.67. The maximum Gasteiger partial charge on any atom is 0.274 e. The highest BCUT2D eigenvalue weighted by Gasteiger charge is 2.61. The molecule has 0 spiro atoms. The molecule has 4 atom stereocenters. The number of carbonyl (C=O) groups excluding carboxylic acids is 4. The second-order valence-electron chi connectivity index (χ2n) is 8.71. The van der Waals surface area contributed by atoms with Gasteiger partial charge in [0.15, 0.2) is 5.78 Å². The van der Waals surface area contributed by atoms with E-state index in [1.165, 1.54) is 36.4 Å². The lowest BCUT2D eigenvalue weighted by molar-refractivity contribution is -0.384. The van der Waals surface area contributed by atoms with Gasteiger partial charge in [-0.3, -0.25) is 29.3 Å². The van der Waals surface area contributed by atoms with E-state index in [4.69, 9.17) is 23.2 Å². The SMILES string of the molecule is O=C(CN(C(=O)c1ccc(Cl)cc1Cl)N1C(=O)[C@@H]2[C@H](C1=O)[C@H]1C=C[C@H]2C1)c1cccc([N+](=O)[O-])c1. The Morgan fingerprint density at radius 3 is 2.29 bits per heavy atom. The van der Waals surface area contributed by atoms with Gasteiger partial charge in [-0.15, -0.1) is 0 Å². The van der Waals surface area contributed by atoms with E-state index in [0.717, 1.165) is 16.1 Å². The van der Waals surface area contributed by atoms with Crippen LogP contribution in [0.25, 0.3) is 0 Å². The number of nitro benzene ring substituents is 1. The van der Waals surface area contributed by atoms with Gasteiger partial charge in [-0.2, -0.15) is 5.01 Å². The van der Waals surface area contributed by atoms with Crippen molar-refractivity contribution in [1.82, 2.24) is 10.0 Å². The Morgan fingerprint density at radius 1 is 1.03 bits per heavy atom. The van der Waals surface area contributed by atoms with Crippen molar-refractivity contribution in [3.05, 3.63) is 85.9 Å². The molecule has 0 N–H and O–H groups in total. The molecule has 2 aromatic carbocycles. The number of halogens is 2. The highest BCUT2D eigenvalue weighted by Crippen LogP contribution is 2.52. The molecule has 178 valence electrons. The molecule has 5 rings (SSSR count). The van der Waals surface area contributed by atoms with E-state index in [1.54, 1.807) is 0 Å². The molecule has 35 heavy (non-hydrogen) atoms. The molecule has 9 nitrogen and oxygen atoms in total. The van der Waals surface area contributed by atoms with Crippen LogP contribution in [-0.4, -0.2) is 45.0 Å². The van der Waals surface area contributed by atoms with Crippen molar-refractivity contribution in [2.75, 3.05) is 6.54 Å². The van der Waals surface area contributed by atoms with Gasteiger partial charge in [0.2, 0.25) is 0 Å². The van der Waals surface area contributed by atoms with Gasteiger partial charge in [-0.25, -0.2) is 5.01 Å². The Morgan fingerprint density at radius 2 is 1.69 bits per heavy atom. The highest BCUT2D eigenvalue weighted by atomic mass is 35.5. The molecule has 2 bridgehead atoms. The Hall–Kier alpha value is -3.56. The number of hydrogen-bond donors (Lipinski definition) is 0. The molecule has 0 unspecified atom stereocenters. The van der Waals surface area contributed by atoms with E-state index < -0.39 is 46.8 Å². The number of allylic oxidation sites excluding steroid dienone is 2. The van der Waals surface area contributed by atoms with Gasteiger partial charge >= 0.3 is 0 Å². The first-order valence-electron chi connectivity index (χ1n) is 10.8. The number of imide groups is 1. The molecule has 2 fully saturated rings. The molecule has 3 amide bonds. The first-order chi connectivity index (χ1) is 16.7. The number of hydrazine groups is 1. The van der Waals surface area contributed by atoms with Gasteiger partial charge in [0, 0.05) is 22.7 Å². The average molecular weight is 514 g/mol. The van der Waals surface area contributed by atoms with E-state index in [0.29, 0.717) is 6.42 Å². The van der Waals surface area contributed by atoms with Crippen LogP contribution in [0.4, 0.5) is 5.69 Å². The Bertz CT molecular complexity index is 1310. The molecule has 1 saturated carbocycles. The van der Waals surface area contributed by atoms with Crippen molar-refractivity contribution in [3.8, 4) is 0 Å². The zero-order valence-electron chi connectivity index (χ0n) is 18.0. The number of rotatable bonds is 6. The number of nitro groups is 1. The molecule has 11 heteroatoms. The number of hydrogen-bond acceptors (Lipinski definition) is 6. The third kappa shape index (κ3) is 3.81. The fourth-order valence-electron chi connectivity index (χ4n) is 5.18. The van der Waals surface area contributed by atoms with Gasteiger partial charge in [0.05, 0.1) is 27.3 Å². The lowest BCUT2D eigenvalue weighted by Gasteiger charge is -2.31. The van der Waals surface area contributed by atoms with Crippen LogP contribution in [0.3, 0.4) is 0 Å². The molecular weight excluding hydrogens is 497 g/mol. The molecule has 2 aliphatic carbocycles. The molecule has 0 aromatic heterocycles. The number of fused-ring (bicyclic) bond motifs is 5. The first-order valence-corrected chi connectivity index (χ1v) is 11.5. The van der Waals surface area contributed by atoms with E-state index in [-0.39, 0.29) is 38.7 Å². The molecule has 0 radical (unpaired) electrons. The van der Waals surface area contributed by atoms with Crippen molar-refractivity contribution in [1.29, 1.82) is 0 Å². The number of carbonyl (C=O) groups is 4. The standard InChI is InChI=1S/C24H17Cl2N3O6/c25-15-6-7-17(18(26)10-15)22(31)27(11-19(30)12-2-1-3-16(9-12)29(34)35)28-23(32)20-13-4-5-14(8-13)21(20)24(28)33/h1-7,9-10,13-14,20-21H,8,11H2/t13-,14-,20-,21+/m0/s1. The second-order valence-corrected chi connectivity index (χ2v) is 9.55. The summed E-state index contributed by atoms with van der Waals surface area (Å²) in [6, 6.07) is 9.11. The largest absolute Gasteiger partial charge is 0.292 e. The van der Waals surface area contributed by atoms with Crippen molar-refractivity contribution in [2.45, 2.75) is 6.42 Å². The highest BCUT2D eigenvalue weighted by molar-refractivity contribution is 6.36. The van der Waals surface area contributed by atoms with Gasteiger partial charge in [0.1, 0.15) is 6.54 Å². The van der Waals surface area contributed by atoms with Crippen molar-refractivity contribution >= 4 is 52.4 Å². The number of amides is 3. The smallest absolute Gasteiger partial charge is 0.274 e. The van der Waals surface area contributed by atoms with Crippen LogP contribution in [0.2, 0.25) is 10.0 Å². The maximum absolute atomic E-state index is 13.6. The summed E-state index contributed by atoms with van der Waals surface area (Å²) < 4.78 is 0. The van der Waals surface area contributed by atoms with Gasteiger partial charge in [-0.05, 0) is 36.5 Å². The number of ketones is 1. The van der Waals surface area contributed by atoms with E-state index in [9.17, 15) is 29.3 Å². The normalized spacial score (nSPS) is 24.1. The summed E-state index contributed by atoms with van der Waals surface area (Å²) in [5.41, 5.74) is -0.401. The Kier molecular flexibility index (Phi) is 5.69. The lowest BCUT2D eigenvalue weighted by atomic mass is 9.85. The summed E-state index contributed by atoms with van der Waals surface area (Å²) in [5, 5.41) is 12.9. The van der Waals surface area contributed by atoms with E-state index in [2.05, 4.69) is 0 Å². The van der Waals surface area contributed by atoms with Crippen LogP contribution in [0.1, 0.15) is 27.1 Å². The van der Waals surface area contributed by atoms with Crippen molar-refractivity contribution in [3.63, 3.8) is 0 Å². The Labute approximate surface area is 209 Å². The van der Waals surface area contributed by atoms with Gasteiger partial charge < -0.3 is 0 Å². The van der Waals surface area contributed by atoms with Gasteiger partial charge in [-0.1, -0.05) is 47.5 Å². The molecule has 1 heterocycles. The quantitative estimate of drug-likeness (QED) is 0.189. The van der Waals surface area contributed by atoms with Crippen LogP contribution in [-0.2, 0) is 9.59 Å². The minimum Gasteiger partial charge on any atom is -0.292 e. The van der Waals surface area contributed by atoms with Crippen molar-refractivity contribution < 1.29 is 24.1 Å². The summed E-state index contributed by atoms with van der Waals surface area (Å²) in [6.45, 7) is -0.696. The molecule has 1 aliphatic heterocycles. The maximum atomic E-state index is 13.6. The zero-order chi connectivity index (χ0) is 25.0. The summed E-state index contributed by atoms with van der Waals surface area (Å²) in [4.78, 5) is 64.0. The predicted octanol–water partition coefficient (Wildman–Crippen LogP) is 3.95. The summed E-state index contributed by atoms with van der Waals surface area (Å²) >= 11 is 12.2. The number of benzene rings is 2. The number of non-ortho nitro benzene ring substituents is 1. The topological polar surface area (TPSA) is 118 Å². The lowest BCUT2D eigenvalue weighted by Crippen LogP contribution is -2.52. The molecule has 3 aliphatic rings. The van der Waals surface area contributed by atoms with Crippen LogP contribution < -0.4 is 0 Å². The molecular formula is C24H17Cl2N3O6. The third-order valence-electron chi connectivity index (χ3n) is 6.76. The number of Topliss-reactive ketones (excluding diaryl/α,β-unsaturated/α-hetero) is 1. The van der Waals surface area contributed by atoms with Crippen LogP contribution in [0.5, 0.6) is 0 Å². The van der Waals surface area contributed by atoms with E-state index >= 15 is 0 Å². The molecule has 2 aromatic rings.